The molecule has 1 amide bonds. The fourth-order valence-corrected chi connectivity index (χ4v) is 6.12. The van der Waals surface area contributed by atoms with Gasteiger partial charge in [-0.2, -0.15) is 0 Å². The number of nitrogens with zero attached hydrogens (tertiary/aromatic N) is 2. The van der Waals surface area contributed by atoms with Gasteiger partial charge >= 0.3 is 0 Å². The Hall–Kier alpha value is -2.58. The molecule has 0 unspecified atom stereocenters. The number of likely N-dealkylation sites (tertiary alicyclic amines) is 1. The quantitative estimate of drug-likeness (QED) is 0.589. The van der Waals surface area contributed by atoms with E-state index in [1.165, 1.54) is 29.8 Å². The van der Waals surface area contributed by atoms with Gasteiger partial charge in [0.2, 0.25) is 0 Å². The first-order valence-electron chi connectivity index (χ1n) is 9.78. The van der Waals surface area contributed by atoms with Crippen LogP contribution in [-0.4, -0.2) is 46.5 Å². The summed E-state index contributed by atoms with van der Waals surface area (Å²) in [5.41, 5.74) is 1.37. The molecule has 1 fully saturated rings. The van der Waals surface area contributed by atoms with Gasteiger partial charge in [0, 0.05) is 24.8 Å². The lowest BCUT2D eigenvalue weighted by atomic mass is 10.2. The van der Waals surface area contributed by atoms with Crippen molar-refractivity contribution in [3.05, 3.63) is 52.9 Å². The van der Waals surface area contributed by atoms with Gasteiger partial charge in [0.25, 0.3) is 15.9 Å². The van der Waals surface area contributed by atoms with Gasteiger partial charge in [0.05, 0.1) is 17.7 Å². The van der Waals surface area contributed by atoms with E-state index in [1.807, 2.05) is 36.1 Å². The number of sulfonamides is 1. The Morgan fingerprint density at radius 2 is 1.83 bits per heavy atom. The number of amides is 1. The van der Waals surface area contributed by atoms with Crippen LogP contribution in [-0.2, 0) is 10.0 Å². The maximum Gasteiger partial charge on any atom is 0.267 e. The zero-order valence-corrected chi connectivity index (χ0v) is 18.8. The largest absolute Gasteiger partial charge is 0.495 e. The third kappa shape index (κ3) is 3.65. The standard InChI is InChI=1S/C22H24N2O4S2/c1-15-6-8-18(28-3)21(12-15)30(26,27)23(2)17-7-9-19-16(13-17)14-20(29-19)22(25)24-10-4-5-11-24/h6-9,12-14H,4-5,10-11H2,1-3H3. The molecule has 30 heavy (non-hydrogen) atoms. The van der Waals surface area contributed by atoms with E-state index < -0.39 is 10.0 Å². The van der Waals surface area contributed by atoms with Crippen LogP contribution in [0.2, 0.25) is 0 Å². The predicted octanol–water partition coefficient (Wildman–Crippen LogP) is 4.28. The molecule has 1 aromatic heterocycles. The van der Waals surface area contributed by atoms with E-state index >= 15 is 0 Å². The summed E-state index contributed by atoms with van der Waals surface area (Å²) in [5, 5.41) is 0.860. The number of rotatable bonds is 5. The highest BCUT2D eigenvalue weighted by atomic mass is 32.2. The zero-order valence-electron chi connectivity index (χ0n) is 17.2. The Morgan fingerprint density at radius 1 is 1.10 bits per heavy atom. The number of carbonyl (C=O) groups excluding carboxylic acids is 1. The minimum atomic E-state index is -3.81. The lowest BCUT2D eigenvalue weighted by Gasteiger charge is -2.21. The van der Waals surface area contributed by atoms with Gasteiger partial charge in [0.1, 0.15) is 10.6 Å². The van der Waals surface area contributed by atoms with Crippen LogP contribution in [0.1, 0.15) is 28.1 Å². The molecule has 0 aliphatic carbocycles. The summed E-state index contributed by atoms with van der Waals surface area (Å²) in [6, 6.07) is 12.4. The number of fused-ring (bicyclic) bond motifs is 1. The van der Waals surface area contributed by atoms with Crippen LogP contribution in [0.5, 0.6) is 5.75 Å². The van der Waals surface area contributed by atoms with Gasteiger partial charge in [-0.3, -0.25) is 9.10 Å². The first-order chi connectivity index (χ1) is 14.3. The van der Waals surface area contributed by atoms with Crippen molar-refractivity contribution >= 4 is 43.0 Å². The summed E-state index contributed by atoms with van der Waals surface area (Å²) < 4.78 is 34.0. The van der Waals surface area contributed by atoms with Crippen molar-refractivity contribution in [3.63, 3.8) is 0 Å². The number of methoxy groups -OCH3 is 1. The molecule has 0 saturated carbocycles. The Kier molecular flexibility index (Phi) is 5.46. The molecule has 0 atom stereocenters. The number of ether oxygens (including phenoxy) is 1. The molecule has 2 heterocycles. The van der Waals surface area contributed by atoms with Gasteiger partial charge in [-0.15, -0.1) is 11.3 Å². The van der Waals surface area contributed by atoms with E-state index in [9.17, 15) is 13.2 Å². The smallest absolute Gasteiger partial charge is 0.267 e. The van der Waals surface area contributed by atoms with Crippen molar-refractivity contribution in [1.29, 1.82) is 0 Å². The fourth-order valence-electron chi connectivity index (χ4n) is 3.68. The highest BCUT2D eigenvalue weighted by Gasteiger charge is 2.26. The van der Waals surface area contributed by atoms with E-state index in [1.54, 1.807) is 18.2 Å². The van der Waals surface area contributed by atoms with Crippen molar-refractivity contribution in [3.8, 4) is 5.75 Å². The van der Waals surface area contributed by atoms with E-state index in [0.29, 0.717) is 16.3 Å². The monoisotopic (exact) mass is 444 g/mol. The molecular weight excluding hydrogens is 420 g/mol. The van der Waals surface area contributed by atoms with E-state index in [-0.39, 0.29) is 10.8 Å². The molecule has 6 nitrogen and oxygen atoms in total. The summed E-state index contributed by atoms with van der Waals surface area (Å²) in [4.78, 5) is 15.4. The van der Waals surface area contributed by atoms with Crippen LogP contribution in [0.15, 0.2) is 47.4 Å². The van der Waals surface area contributed by atoms with Gasteiger partial charge in [-0.1, -0.05) is 6.07 Å². The second-order valence-corrected chi connectivity index (χ2v) is 10.5. The number of hydrogen-bond acceptors (Lipinski definition) is 5. The number of benzene rings is 2. The topological polar surface area (TPSA) is 66.9 Å². The third-order valence-electron chi connectivity index (χ3n) is 5.43. The SMILES string of the molecule is COc1ccc(C)cc1S(=O)(=O)N(C)c1ccc2sc(C(=O)N3CCCC3)cc2c1. The molecule has 1 aliphatic rings. The molecule has 158 valence electrons. The molecule has 0 N–H and O–H groups in total. The van der Waals surface area contributed by atoms with Crippen molar-refractivity contribution in [2.24, 2.45) is 0 Å². The molecule has 3 aromatic rings. The lowest BCUT2D eigenvalue weighted by Crippen LogP contribution is -2.27. The molecule has 0 spiro atoms. The molecule has 1 saturated heterocycles. The van der Waals surface area contributed by atoms with E-state index in [4.69, 9.17) is 4.74 Å². The number of anilines is 1. The third-order valence-corrected chi connectivity index (χ3v) is 8.34. The first kappa shape index (κ1) is 20.7. The van der Waals surface area contributed by atoms with Gasteiger partial charge in [-0.25, -0.2) is 8.42 Å². The van der Waals surface area contributed by atoms with Crippen molar-refractivity contribution in [1.82, 2.24) is 4.90 Å². The molecule has 8 heteroatoms. The average molecular weight is 445 g/mol. The van der Waals surface area contributed by atoms with E-state index in [2.05, 4.69) is 0 Å². The minimum Gasteiger partial charge on any atom is -0.495 e. The summed E-state index contributed by atoms with van der Waals surface area (Å²) >= 11 is 1.45. The Morgan fingerprint density at radius 3 is 2.53 bits per heavy atom. The highest BCUT2D eigenvalue weighted by molar-refractivity contribution is 7.93. The van der Waals surface area contributed by atoms with Crippen LogP contribution < -0.4 is 9.04 Å². The molecule has 4 rings (SSSR count). The van der Waals surface area contributed by atoms with Crippen LogP contribution in [0.3, 0.4) is 0 Å². The number of hydrogen-bond donors (Lipinski definition) is 0. The van der Waals surface area contributed by atoms with Crippen LogP contribution in [0.4, 0.5) is 5.69 Å². The van der Waals surface area contributed by atoms with Crippen molar-refractivity contribution < 1.29 is 17.9 Å². The Labute approximate surface area is 180 Å². The van der Waals surface area contributed by atoms with Gasteiger partial charge < -0.3 is 9.64 Å². The van der Waals surface area contributed by atoms with Crippen LogP contribution >= 0.6 is 11.3 Å². The van der Waals surface area contributed by atoms with Crippen LogP contribution in [0.25, 0.3) is 10.1 Å². The van der Waals surface area contributed by atoms with Gasteiger partial charge in [0.15, 0.2) is 0 Å². The van der Waals surface area contributed by atoms with Crippen molar-refractivity contribution in [2.75, 3.05) is 31.6 Å². The number of carbonyl (C=O) groups is 1. The fraction of sp³-hybridized carbons (Fsp3) is 0.318. The molecule has 0 radical (unpaired) electrons. The normalized spacial score (nSPS) is 14.3. The average Bonchev–Trinajstić information content (AvgIpc) is 3.42. The highest BCUT2D eigenvalue weighted by Crippen LogP contribution is 2.34. The minimum absolute atomic E-state index is 0.0562. The van der Waals surface area contributed by atoms with E-state index in [0.717, 1.165) is 41.6 Å². The second-order valence-electron chi connectivity index (χ2n) is 7.46. The first-order valence-corrected chi connectivity index (χ1v) is 12.0. The molecule has 1 aliphatic heterocycles. The summed E-state index contributed by atoms with van der Waals surface area (Å²) in [7, 11) is -0.825. The Bertz CT molecular complexity index is 1210. The molecular formula is C22H24N2O4S2. The summed E-state index contributed by atoms with van der Waals surface area (Å²) in [5.74, 6) is 0.364. The lowest BCUT2D eigenvalue weighted by molar-refractivity contribution is 0.0797. The van der Waals surface area contributed by atoms with Gasteiger partial charge in [-0.05, 0) is 67.1 Å². The maximum absolute atomic E-state index is 13.3. The molecule has 0 bridgehead atoms. The van der Waals surface area contributed by atoms with Crippen molar-refractivity contribution in [2.45, 2.75) is 24.7 Å². The maximum atomic E-state index is 13.3. The zero-order chi connectivity index (χ0) is 21.5. The van der Waals surface area contributed by atoms with Crippen LogP contribution in [0, 0.1) is 6.92 Å². The second kappa shape index (κ2) is 7.92. The number of thiophene rings is 1. The molecule has 2 aromatic carbocycles. The Balaban J connectivity index is 1.69. The summed E-state index contributed by atoms with van der Waals surface area (Å²) in [6.45, 7) is 3.45. The predicted molar refractivity (Wildman–Crippen MR) is 120 cm³/mol. The number of aryl methyl sites for hydroxylation is 1. The summed E-state index contributed by atoms with van der Waals surface area (Å²) in [6.07, 6.45) is 2.09.